The van der Waals surface area contributed by atoms with Gasteiger partial charge in [0.05, 0.1) is 0 Å². The zero-order valence-corrected chi connectivity index (χ0v) is 8.15. The van der Waals surface area contributed by atoms with Gasteiger partial charge in [0, 0.05) is 23.8 Å². The number of Topliss-reactive ketones (excluding diaryl/α,β-unsaturated/α-hetero) is 1. The van der Waals surface area contributed by atoms with Crippen LogP contribution in [0.3, 0.4) is 0 Å². The summed E-state index contributed by atoms with van der Waals surface area (Å²) < 4.78 is 0. The van der Waals surface area contributed by atoms with Crippen LogP contribution in [-0.2, 0) is 5.88 Å². The van der Waals surface area contributed by atoms with E-state index >= 15 is 0 Å². The zero-order chi connectivity index (χ0) is 8.27. The molecule has 0 radical (unpaired) electrons. The SMILES string of the molecule is CC(=O)c1cnccc1CCl.Cl. The Bertz CT molecular complexity index is 276. The Balaban J connectivity index is 0.00000121. The molecule has 0 fully saturated rings. The summed E-state index contributed by atoms with van der Waals surface area (Å²) in [5, 5.41) is 0. The van der Waals surface area contributed by atoms with Crippen molar-refractivity contribution in [2.75, 3.05) is 0 Å². The summed E-state index contributed by atoms with van der Waals surface area (Å²) in [5.74, 6) is 0.367. The molecule has 0 aromatic carbocycles. The molecule has 0 bridgehead atoms. The number of halogens is 2. The fourth-order valence-electron chi connectivity index (χ4n) is 0.857. The number of alkyl halides is 1. The summed E-state index contributed by atoms with van der Waals surface area (Å²) in [4.78, 5) is 14.8. The molecule has 0 aliphatic heterocycles. The molecule has 2 nitrogen and oxygen atoms in total. The fraction of sp³-hybridized carbons (Fsp3) is 0.250. The maximum Gasteiger partial charge on any atom is 0.161 e. The lowest BCUT2D eigenvalue weighted by molar-refractivity contribution is 0.101. The van der Waals surface area contributed by atoms with E-state index in [-0.39, 0.29) is 18.2 Å². The van der Waals surface area contributed by atoms with Crippen LogP contribution in [0.25, 0.3) is 0 Å². The Hall–Kier alpha value is -0.600. The lowest BCUT2D eigenvalue weighted by Crippen LogP contribution is -1.97. The Morgan fingerprint density at radius 2 is 2.33 bits per heavy atom. The van der Waals surface area contributed by atoms with E-state index in [0.717, 1.165) is 5.56 Å². The number of carbonyl (C=O) groups excluding carboxylic acids is 1. The van der Waals surface area contributed by atoms with Crippen LogP contribution in [0.5, 0.6) is 0 Å². The van der Waals surface area contributed by atoms with Gasteiger partial charge >= 0.3 is 0 Å². The second kappa shape index (κ2) is 5.12. The molecule has 1 aromatic rings. The fourth-order valence-corrected chi connectivity index (χ4v) is 1.09. The molecular formula is C8H9Cl2NO. The summed E-state index contributed by atoms with van der Waals surface area (Å²) in [7, 11) is 0. The van der Waals surface area contributed by atoms with Crippen molar-refractivity contribution in [1.29, 1.82) is 0 Å². The molecule has 0 unspecified atom stereocenters. The molecule has 0 amide bonds. The summed E-state index contributed by atoms with van der Waals surface area (Å²) in [6.45, 7) is 1.51. The van der Waals surface area contributed by atoms with Gasteiger partial charge in [0.1, 0.15) is 0 Å². The summed E-state index contributed by atoms with van der Waals surface area (Å²) >= 11 is 5.60. The van der Waals surface area contributed by atoms with Gasteiger partial charge in [-0.15, -0.1) is 24.0 Å². The molecule has 1 aromatic heterocycles. The number of nitrogens with zero attached hydrogens (tertiary/aromatic N) is 1. The summed E-state index contributed by atoms with van der Waals surface area (Å²) in [6.07, 6.45) is 3.17. The van der Waals surface area contributed by atoms with Crippen molar-refractivity contribution in [1.82, 2.24) is 4.98 Å². The Morgan fingerprint density at radius 1 is 1.67 bits per heavy atom. The number of aromatic nitrogens is 1. The normalized spacial score (nSPS) is 8.83. The van der Waals surface area contributed by atoms with E-state index in [1.807, 2.05) is 0 Å². The highest BCUT2D eigenvalue weighted by Gasteiger charge is 2.04. The lowest BCUT2D eigenvalue weighted by atomic mass is 10.1. The molecule has 1 heterocycles. The molecule has 0 aliphatic carbocycles. The lowest BCUT2D eigenvalue weighted by Gasteiger charge is -1.99. The van der Waals surface area contributed by atoms with E-state index < -0.39 is 0 Å². The van der Waals surface area contributed by atoms with Gasteiger partial charge in [-0.3, -0.25) is 9.78 Å². The predicted molar refractivity (Wildman–Crippen MR) is 51.0 cm³/mol. The van der Waals surface area contributed by atoms with E-state index in [4.69, 9.17) is 11.6 Å². The van der Waals surface area contributed by atoms with Crippen molar-refractivity contribution >= 4 is 29.8 Å². The highest BCUT2D eigenvalue weighted by atomic mass is 35.5. The van der Waals surface area contributed by atoms with Gasteiger partial charge in [0.25, 0.3) is 0 Å². The van der Waals surface area contributed by atoms with Crippen LogP contribution < -0.4 is 0 Å². The number of hydrogen-bond donors (Lipinski definition) is 0. The minimum Gasteiger partial charge on any atom is -0.294 e. The second-order valence-corrected chi connectivity index (χ2v) is 2.49. The van der Waals surface area contributed by atoms with Crippen LogP contribution in [0, 0.1) is 0 Å². The van der Waals surface area contributed by atoms with E-state index in [1.165, 1.54) is 6.92 Å². The molecule has 0 spiro atoms. The summed E-state index contributed by atoms with van der Waals surface area (Å²) in [5.41, 5.74) is 1.46. The van der Waals surface area contributed by atoms with Crippen molar-refractivity contribution in [3.8, 4) is 0 Å². The second-order valence-electron chi connectivity index (χ2n) is 2.22. The predicted octanol–water partition coefficient (Wildman–Crippen LogP) is 2.44. The molecule has 0 saturated heterocycles. The Labute approximate surface area is 82.4 Å². The summed E-state index contributed by atoms with van der Waals surface area (Å²) in [6, 6.07) is 1.75. The Kier molecular flexibility index (Phi) is 4.86. The van der Waals surface area contributed by atoms with Gasteiger partial charge < -0.3 is 0 Å². The van der Waals surface area contributed by atoms with Crippen LogP contribution in [0.15, 0.2) is 18.5 Å². The van der Waals surface area contributed by atoms with E-state index in [0.29, 0.717) is 11.4 Å². The number of ketones is 1. The third-order valence-corrected chi connectivity index (χ3v) is 1.72. The highest BCUT2D eigenvalue weighted by Crippen LogP contribution is 2.09. The average Bonchev–Trinajstić information content (AvgIpc) is 2.04. The van der Waals surface area contributed by atoms with Gasteiger partial charge in [0.15, 0.2) is 5.78 Å². The van der Waals surface area contributed by atoms with Crippen LogP contribution in [-0.4, -0.2) is 10.8 Å². The third-order valence-electron chi connectivity index (χ3n) is 1.43. The molecule has 0 atom stereocenters. The van der Waals surface area contributed by atoms with Gasteiger partial charge in [-0.1, -0.05) is 0 Å². The van der Waals surface area contributed by atoms with Crippen molar-refractivity contribution in [3.63, 3.8) is 0 Å². The quantitative estimate of drug-likeness (QED) is 0.549. The van der Waals surface area contributed by atoms with Gasteiger partial charge in [-0.05, 0) is 18.6 Å². The largest absolute Gasteiger partial charge is 0.294 e. The van der Waals surface area contributed by atoms with Crippen LogP contribution >= 0.6 is 24.0 Å². The van der Waals surface area contributed by atoms with Gasteiger partial charge in [-0.2, -0.15) is 0 Å². The van der Waals surface area contributed by atoms with E-state index in [2.05, 4.69) is 4.98 Å². The minimum absolute atomic E-state index is 0. The monoisotopic (exact) mass is 205 g/mol. The number of rotatable bonds is 2. The standard InChI is InChI=1S/C8H8ClNO.ClH/c1-6(11)8-5-10-3-2-7(8)4-9;/h2-3,5H,4H2,1H3;1H. The van der Waals surface area contributed by atoms with Crippen LogP contribution in [0.1, 0.15) is 22.8 Å². The van der Waals surface area contributed by atoms with Crippen LogP contribution in [0.2, 0.25) is 0 Å². The topological polar surface area (TPSA) is 30.0 Å². The first-order valence-electron chi connectivity index (χ1n) is 3.25. The molecular weight excluding hydrogens is 197 g/mol. The van der Waals surface area contributed by atoms with Crippen LogP contribution in [0.4, 0.5) is 0 Å². The van der Waals surface area contributed by atoms with Crippen molar-refractivity contribution in [2.24, 2.45) is 0 Å². The smallest absolute Gasteiger partial charge is 0.161 e. The average molecular weight is 206 g/mol. The van der Waals surface area contributed by atoms with Crippen molar-refractivity contribution in [3.05, 3.63) is 29.6 Å². The molecule has 0 saturated carbocycles. The van der Waals surface area contributed by atoms with Crippen molar-refractivity contribution < 1.29 is 4.79 Å². The molecule has 4 heteroatoms. The first kappa shape index (κ1) is 11.4. The number of carbonyl (C=O) groups is 1. The molecule has 0 N–H and O–H groups in total. The van der Waals surface area contributed by atoms with E-state index in [9.17, 15) is 4.79 Å². The molecule has 66 valence electrons. The molecule has 12 heavy (non-hydrogen) atoms. The maximum absolute atomic E-state index is 10.9. The van der Waals surface area contributed by atoms with E-state index in [1.54, 1.807) is 18.5 Å². The number of pyridine rings is 1. The maximum atomic E-state index is 10.9. The van der Waals surface area contributed by atoms with Gasteiger partial charge in [-0.25, -0.2) is 0 Å². The van der Waals surface area contributed by atoms with Crippen molar-refractivity contribution in [2.45, 2.75) is 12.8 Å². The third kappa shape index (κ3) is 2.47. The molecule has 1 rings (SSSR count). The minimum atomic E-state index is 0. The first-order valence-corrected chi connectivity index (χ1v) is 3.79. The zero-order valence-electron chi connectivity index (χ0n) is 6.58. The number of hydrogen-bond acceptors (Lipinski definition) is 2. The van der Waals surface area contributed by atoms with Gasteiger partial charge in [0.2, 0.25) is 0 Å². The first-order chi connectivity index (χ1) is 5.25. The Morgan fingerprint density at radius 3 is 2.75 bits per heavy atom. The molecule has 0 aliphatic rings. The highest BCUT2D eigenvalue weighted by molar-refractivity contribution is 6.17.